The lowest BCUT2D eigenvalue weighted by atomic mass is 10.1. The molecule has 6 heteroatoms. The molecule has 0 atom stereocenters. The summed E-state index contributed by atoms with van der Waals surface area (Å²) in [6.45, 7) is 7.95. The Hall–Kier alpha value is -2.44. The van der Waals surface area contributed by atoms with Gasteiger partial charge in [-0.2, -0.15) is 4.99 Å². The van der Waals surface area contributed by atoms with Crippen molar-refractivity contribution in [3.63, 3.8) is 0 Å². The van der Waals surface area contributed by atoms with Crippen LogP contribution in [0.25, 0.3) is 10.2 Å². The maximum Gasteiger partial charge on any atom is 0.286 e. The van der Waals surface area contributed by atoms with Crippen molar-refractivity contribution in [2.45, 2.75) is 27.3 Å². The summed E-state index contributed by atoms with van der Waals surface area (Å²) < 4.78 is 14.2. The number of hydrogen-bond acceptors (Lipinski definition) is 4. The number of aryl methyl sites for hydroxylation is 2. The fraction of sp³-hybridized carbons (Fsp3) is 0.333. The number of hydrogen-bond donors (Lipinski definition) is 0. The number of aromatic nitrogens is 1. The summed E-state index contributed by atoms with van der Waals surface area (Å²) in [5, 5.41) is 0. The number of benzene rings is 2. The van der Waals surface area contributed by atoms with E-state index in [2.05, 4.69) is 35.5 Å². The topological polar surface area (TPSA) is 52.8 Å². The van der Waals surface area contributed by atoms with E-state index >= 15 is 0 Å². The number of fused-ring (bicyclic) bond motifs is 1. The van der Waals surface area contributed by atoms with Crippen molar-refractivity contribution >= 4 is 27.5 Å². The predicted octanol–water partition coefficient (Wildman–Crippen LogP) is 3.86. The minimum Gasteiger partial charge on any atom is -0.484 e. The van der Waals surface area contributed by atoms with E-state index in [-0.39, 0.29) is 12.5 Å². The van der Waals surface area contributed by atoms with Crippen molar-refractivity contribution < 1.29 is 14.3 Å². The van der Waals surface area contributed by atoms with Gasteiger partial charge < -0.3 is 14.0 Å². The molecule has 0 N–H and O–H groups in total. The van der Waals surface area contributed by atoms with E-state index in [0.717, 1.165) is 10.2 Å². The normalized spacial score (nSPS) is 11.9. The summed E-state index contributed by atoms with van der Waals surface area (Å²) in [4.78, 5) is 17.4. The van der Waals surface area contributed by atoms with E-state index in [9.17, 15) is 4.79 Å². The summed E-state index contributed by atoms with van der Waals surface area (Å²) in [5.74, 6) is 0.359. The van der Waals surface area contributed by atoms with Crippen molar-refractivity contribution in [1.29, 1.82) is 0 Å². The predicted molar refractivity (Wildman–Crippen MR) is 108 cm³/mol. The van der Waals surface area contributed by atoms with Crippen molar-refractivity contribution in [1.82, 2.24) is 4.57 Å². The summed E-state index contributed by atoms with van der Waals surface area (Å²) >= 11 is 1.52. The van der Waals surface area contributed by atoms with Crippen molar-refractivity contribution in [2.24, 2.45) is 4.99 Å². The number of thiazole rings is 1. The van der Waals surface area contributed by atoms with Crippen LogP contribution in [0.4, 0.5) is 0 Å². The first-order chi connectivity index (χ1) is 13.1. The quantitative estimate of drug-likeness (QED) is 0.581. The van der Waals surface area contributed by atoms with Gasteiger partial charge in [-0.15, -0.1) is 0 Å². The molecule has 3 aromatic rings. The molecular formula is C21H24N2O3S. The number of carbonyl (C=O) groups is 1. The molecule has 142 valence electrons. The molecule has 0 fully saturated rings. The van der Waals surface area contributed by atoms with Gasteiger partial charge in [0.25, 0.3) is 5.91 Å². The second-order valence-electron chi connectivity index (χ2n) is 6.27. The molecule has 3 rings (SSSR count). The first-order valence-electron chi connectivity index (χ1n) is 9.02. The molecule has 0 aliphatic heterocycles. The summed E-state index contributed by atoms with van der Waals surface area (Å²) in [6, 6.07) is 13.6. The molecule has 0 aliphatic rings. The average molecular weight is 385 g/mol. The third-order valence-corrected chi connectivity index (χ3v) is 5.13. The van der Waals surface area contributed by atoms with E-state index in [4.69, 9.17) is 9.47 Å². The number of nitrogens with zero attached hydrogens (tertiary/aromatic N) is 2. The Morgan fingerprint density at radius 3 is 2.70 bits per heavy atom. The molecular weight excluding hydrogens is 360 g/mol. The Morgan fingerprint density at radius 2 is 1.96 bits per heavy atom. The molecule has 0 radical (unpaired) electrons. The van der Waals surface area contributed by atoms with Crippen LogP contribution in [0.1, 0.15) is 18.1 Å². The van der Waals surface area contributed by atoms with Gasteiger partial charge in [0.2, 0.25) is 0 Å². The smallest absolute Gasteiger partial charge is 0.286 e. The highest BCUT2D eigenvalue weighted by Gasteiger charge is 2.11. The van der Waals surface area contributed by atoms with Gasteiger partial charge in [0.15, 0.2) is 11.4 Å². The van der Waals surface area contributed by atoms with Crippen LogP contribution in [-0.4, -0.2) is 30.3 Å². The van der Waals surface area contributed by atoms with E-state index in [0.29, 0.717) is 30.3 Å². The van der Waals surface area contributed by atoms with Crippen LogP contribution < -0.4 is 9.54 Å². The highest BCUT2D eigenvalue weighted by molar-refractivity contribution is 7.16. The maximum absolute atomic E-state index is 12.4. The standard InChI is InChI=1S/C21H24N2O3S/c1-4-25-11-10-23-20-16(3)12-15(2)13-18(20)27-21(23)22-19(24)14-26-17-8-6-5-7-9-17/h5-9,12-13H,4,10-11,14H2,1-3H3. The highest BCUT2D eigenvalue weighted by Crippen LogP contribution is 2.23. The minimum atomic E-state index is -0.301. The van der Waals surface area contributed by atoms with Gasteiger partial charge in [0, 0.05) is 13.2 Å². The van der Waals surface area contributed by atoms with Gasteiger partial charge in [-0.3, -0.25) is 4.79 Å². The first-order valence-corrected chi connectivity index (χ1v) is 9.84. The minimum absolute atomic E-state index is 0.0816. The molecule has 0 aliphatic carbocycles. The number of ether oxygens (including phenoxy) is 2. The van der Waals surface area contributed by atoms with Gasteiger partial charge >= 0.3 is 0 Å². The Balaban J connectivity index is 1.91. The third kappa shape index (κ3) is 4.84. The van der Waals surface area contributed by atoms with Crippen molar-refractivity contribution in [3.8, 4) is 5.75 Å². The van der Waals surface area contributed by atoms with E-state index in [1.165, 1.54) is 22.5 Å². The molecule has 0 unspecified atom stereocenters. The molecule has 1 heterocycles. The molecule has 0 saturated heterocycles. The lowest BCUT2D eigenvalue weighted by molar-refractivity contribution is -0.120. The molecule has 0 spiro atoms. The molecule has 27 heavy (non-hydrogen) atoms. The monoisotopic (exact) mass is 384 g/mol. The molecule has 0 saturated carbocycles. The van der Waals surface area contributed by atoms with E-state index in [1.54, 1.807) is 0 Å². The fourth-order valence-corrected chi connectivity index (χ4v) is 4.23. The zero-order valence-electron chi connectivity index (χ0n) is 15.9. The summed E-state index contributed by atoms with van der Waals surface area (Å²) in [7, 11) is 0. The Kier molecular flexibility index (Phi) is 6.42. The molecule has 2 aromatic carbocycles. The van der Waals surface area contributed by atoms with Crippen LogP contribution >= 0.6 is 11.3 Å². The molecule has 0 bridgehead atoms. The number of rotatable bonds is 7. The van der Waals surface area contributed by atoms with Crippen LogP contribution in [0.15, 0.2) is 47.5 Å². The van der Waals surface area contributed by atoms with Crippen LogP contribution in [0.3, 0.4) is 0 Å². The van der Waals surface area contributed by atoms with Crippen molar-refractivity contribution in [3.05, 3.63) is 58.4 Å². The Morgan fingerprint density at radius 1 is 1.19 bits per heavy atom. The molecule has 1 amide bonds. The number of carbonyl (C=O) groups excluding carboxylic acids is 1. The fourth-order valence-electron chi connectivity index (χ4n) is 2.99. The zero-order valence-corrected chi connectivity index (χ0v) is 16.7. The summed E-state index contributed by atoms with van der Waals surface area (Å²) in [5.41, 5.74) is 3.48. The Labute approximate surface area is 162 Å². The van der Waals surface area contributed by atoms with Gasteiger partial charge in [-0.1, -0.05) is 35.6 Å². The van der Waals surface area contributed by atoms with E-state index < -0.39 is 0 Å². The second-order valence-corrected chi connectivity index (χ2v) is 7.28. The average Bonchev–Trinajstić information content (AvgIpc) is 2.98. The van der Waals surface area contributed by atoms with E-state index in [1.807, 2.05) is 37.3 Å². The highest BCUT2D eigenvalue weighted by atomic mass is 32.1. The van der Waals surface area contributed by atoms with Crippen molar-refractivity contribution in [2.75, 3.05) is 19.8 Å². The largest absolute Gasteiger partial charge is 0.484 e. The van der Waals surface area contributed by atoms with Gasteiger partial charge in [-0.05, 0) is 50.1 Å². The molecule has 1 aromatic heterocycles. The summed E-state index contributed by atoms with van der Waals surface area (Å²) in [6.07, 6.45) is 0. The zero-order chi connectivity index (χ0) is 19.2. The Bertz CT molecular complexity index is 990. The van der Waals surface area contributed by atoms with Gasteiger partial charge in [-0.25, -0.2) is 0 Å². The van der Waals surface area contributed by atoms with Crippen LogP contribution in [-0.2, 0) is 16.1 Å². The molecule has 5 nitrogen and oxygen atoms in total. The van der Waals surface area contributed by atoms with Gasteiger partial charge in [0.05, 0.1) is 16.8 Å². The second kappa shape index (κ2) is 8.97. The first kappa shape index (κ1) is 19.3. The van der Waals surface area contributed by atoms with Gasteiger partial charge in [0.1, 0.15) is 5.75 Å². The number of para-hydroxylation sites is 1. The van der Waals surface area contributed by atoms with Crippen LogP contribution in [0.2, 0.25) is 0 Å². The van der Waals surface area contributed by atoms with Crippen LogP contribution in [0, 0.1) is 13.8 Å². The van der Waals surface area contributed by atoms with Crippen LogP contribution in [0.5, 0.6) is 5.75 Å². The SMILES string of the molecule is CCOCCn1c(=NC(=O)COc2ccccc2)sc2cc(C)cc(C)c21. The maximum atomic E-state index is 12.4. The lowest BCUT2D eigenvalue weighted by Gasteiger charge is -2.08. The lowest BCUT2D eigenvalue weighted by Crippen LogP contribution is -2.21. The number of amides is 1. The third-order valence-electron chi connectivity index (χ3n) is 4.10.